The summed E-state index contributed by atoms with van der Waals surface area (Å²) in [5.74, 6) is 0.0263. The molecule has 0 atom stereocenters. The van der Waals surface area contributed by atoms with E-state index in [2.05, 4.69) is 10.6 Å². The Morgan fingerprint density at radius 1 is 1.47 bits per heavy atom. The second-order valence-electron chi connectivity index (χ2n) is 4.08. The third kappa shape index (κ3) is 2.84. The number of carbonyl (C=O) groups excluding carboxylic acids is 1. The summed E-state index contributed by atoms with van der Waals surface area (Å²) in [6.45, 7) is 3.84. The van der Waals surface area contributed by atoms with Gasteiger partial charge in [-0.15, -0.1) is 0 Å². The van der Waals surface area contributed by atoms with Crippen LogP contribution < -0.4 is 16.4 Å². The number of nitrogens with two attached hydrogens (primary N) is 1. The van der Waals surface area contributed by atoms with Gasteiger partial charge in [0.1, 0.15) is 5.84 Å². The standard InChI is InChI=1S/C10H20N4O/c1-3-10(4-2,8(11)12)14-9(15)13-7-5-6-7/h7H,3-6H2,1-2H3,(H3,11,12)(H2,13,14,15). The number of rotatable bonds is 5. The maximum Gasteiger partial charge on any atom is 0.315 e. The van der Waals surface area contributed by atoms with Gasteiger partial charge in [-0.05, 0) is 25.7 Å². The maximum absolute atomic E-state index is 11.6. The van der Waals surface area contributed by atoms with Gasteiger partial charge < -0.3 is 16.4 Å². The van der Waals surface area contributed by atoms with Crippen molar-refractivity contribution in [1.82, 2.24) is 10.6 Å². The summed E-state index contributed by atoms with van der Waals surface area (Å²) in [5, 5.41) is 13.2. The molecule has 0 aromatic carbocycles. The van der Waals surface area contributed by atoms with Crippen LogP contribution in [0.25, 0.3) is 0 Å². The van der Waals surface area contributed by atoms with Crippen molar-refractivity contribution in [2.24, 2.45) is 5.73 Å². The maximum atomic E-state index is 11.6. The Morgan fingerprint density at radius 2 is 2.00 bits per heavy atom. The highest BCUT2D eigenvalue weighted by atomic mass is 16.2. The summed E-state index contributed by atoms with van der Waals surface area (Å²) in [6.07, 6.45) is 3.38. The Morgan fingerprint density at radius 3 is 2.33 bits per heavy atom. The van der Waals surface area contributed by atoms with Crippen molar-refractivity contribution in [1.29, 1.82) is 5.41 Å². The van der Waals surface area contributed by atoms with E-state index in [4.69, 9.17) is 11.1 Å². The van der Waals surface area contributed by atoms with Crippen molar-refractivity contribution in [2.75, 3.05) is 0 Å². The number of hydrogen-bond donors (Lipinski definition) is 4. The molecule has 2 amide bonds. The third-order valence-corrected chi connectivity index (χ3v) is 2.99. The zero-order valence-corrected chi connectivity index (χ0v) is 9.39. The molecule has 1 aliphatic carbocycles. The molecule has 5 nitrogen and oxygen atoms in total. The highest BCUT2D eigenvalue weighted by Crippen LogP contribution is 2.19. The van der Waals surface area contributed by atoms with E-state index in [-0.39, 0.29) is 11.9 Å². The zero-order chi connectivity index (χ0) is 11.5. The van der Waals surface area contributed by atoms with Crippen LogP contribution in [0.5, 0.6) is 0 Å². The summed E-state index contributed by atoms with van der Waals surface area (Å²) in [4.78, 5) is 11.6. The van der Waals surface area contributed by atoms with E-state index in [0.29, 0.717) is 18.9 Å². The summed E-state index contributed by atoms with van der Waals surface area (Å²) in [7, 11) is 0. The summed E-state index contributed by atoms with van der Waals surface area (Å²) in [5.41, 5.74) is 4.85. The Balaban J connectivity index is 2.55. The SMILES string of the molecule is CCC(CC)(NC(=O)NC1CC1)C(=N)N. The van der Waals surface area contributed by atoms with Crippen LogP contribution in [0, 0.1) is 5.41 Å². The molecule has 0 spiro atoms. The van der Waals surface area contributed by atoms with Gasteiger partial charge in [-0.1, -0.05) is 13.8 Å². The van der Waals surface area contributed by atoms with Crippen LogP contribution in [0.15, 0.2) is 0 Å². The van der Waals surface area contributed by atoms with Crippen LogP contribution in [0.2, 0.25) is 0 Å². The molecular weight excluding hydrogens is 192 g/mol. The topological polar surface area (TPSA) is 91.0 Å². The number of urea groups is 1. The first-order valence-electron chi connectivity index (χ1n) is 5.47. The van der Waals surface area contributed by atoms with Crippen molar-refractivity contribution in [3.8, 4) is 0 Å². The van der Waals surface area contributed by atoms with Gasteiger partial charge >= 0.3 is 6.03 Å². The van der Waals surface area contributed by atoms with E-state index < -0.39 is 5.54 Å². The van der Waals surface area contributed by atoms with Gasteiger partial charge in [0, 0.05) is 6.04 Å². The molecule has 0 unspecified atom stereocenters. The highest BCUT2D eigenvalue weighted by molar-refractivity contribution is 5.91. The lowest BCUT2D eigenvalue weighted by Gasteiger charge is -2.31. The van der Waals surface area contributed by atoms with Crippen molar-refractivity contribution in [3.05, 3.63) is 0 Å². The van der Waals surface area contributed by atoms with Crippen LogP contribution in [0.4, 0.5) is 4.79 Å². The Kier molecular flexibility index (Phi) is 3.55. The molecule has 1 saturated carbocycles. The smallest absolute Gasteiger partial charge is 0.315 e. The summed E-state index contributed by atoms with van der Waals surface area (Å²) >= 11 is 0. The van der Waals surface area contributed by atoms with Crippen molar-refractivity contribution in [3.63, 3.8) is 0 Å². The Bertz CT molecular complexity index is 256. The average Bonchev–Trinajstić information content (AvgIpc) is 2.97. The van der Waals surface area contributed by atoms with Gasteiger partial charge in [0.25, 0.3) is 0 Å². The van der Waals surface area contributed by atoms with Gasteiger partial charge in [-0.25, -0.2) is 4.79 Å². The molecule has 0 saturated heterocycles. The number of amides is 2. The fourth-order valence-corrected chi connectivity index (χ4v) is 1.54. The molecule has 0 heterocycles. The third-order valence-electron chi connectivity index (χ3n) is 2.99. The van der Waals surface area contributed by atoms with Gasteiger partial charge in [0.2, 0.25) is 0 Å². The van der Waals surface area contributed by atoms with E-state index in [1.54, 1.807) is 0 Å². The van der Waals surface area contributed by atoms with Crippen LogP contribution >= 0.6 is 0 Å². The van der Waals surface area contributed by atoms with Gasteiger partial charge in [0.15, 0.2) is 0 Å². The minimum absolute atomic E-state index is 0.0263. The fraction of sp³-hybridized carbons (Fsp3) is 0.800. The minimum Gasteiger partial charge on any atom is -0.386 e. The Hall–Kier alpha value is -1.26. The lowest BCUT2D eigenvalue weighted by molar-refractivity contribution is 0.231. The van der Waals surface area contributed by atoms with Gasteiger partial charge in [0.05, 0.1) is 5.54 Å². The predicted octanol–water partition coefficient (Wildman–Crippen LogP) is 0.943. The molecule has 5 N–H and O–H groups in total. The lowest BCUT2D eigenvalue weighted by atomic mass is 9.92. The largest absolute Gasteiger partial charge is 0.386 e. The van der Waals surface area contributed by atoms with E-state index in [1.807, 2.05) is 13.8 Å². The number of amidine groups is 1. The monoisotopic (exact) mass is 212 g/mol. The minimum atomic E-state index is -0.682. The number of carbonyl (C=O) groups is 1. The van der Waals surface area contributed by atoms with E-state index in [0.717, 1.165) is 12.8 Å². The normalized spacial score (nSPS) is 15.9. The van der Waals surface area contributed by atoms with Crippen LogP contribution in [0.1, 0.15) is 39.5 Å². The van der Waals surface area contributed by atoms with Gasteiger partial charge in [-0.3, -0.25) is 5.41 Å². The summed E-state index contributed by atoms with van der Waals surface area (Å²) < 4.78 is 0. The molecule has 0 aromatic rings. The fourth-order valence-electron chi connectivity index (χ4n) is 1.54. The van der Waals surface area contributed by atoms with Crippen molar-refractivity contribution in [2.45, 2.75) is 51.1 Å². The highest BCUT2D eigenvalue weighted by Gasteiger charge is 2.33. The second kappa shape index (κ2) is 4.51. The van der Waals surface area contributed by atoms with Crippen LogP contribution in [-0.4, -0.2) is 23.4 Å². The average molecular weight is 212 g/mol. The summed E-state index contributed by atoms with van der Waals surface area (Å²) in [6, 6.07) is 0.111. The second-order valence-corrected chi connectivity index (χ2v) is 4.08. The van der Waals surface area contributed by atoms with Crippen LogP contribution in [-0.2, 0) is 0 Å². The van der Waals surface area contributed by atoms with E-state index in [9.17, 15) is 4.79 Å². The first kappa shape index (κ1) is 11.8. The number of nitrogens with one attached hydrogen (secondary N) is 3. The molecule has 0 bridgehead atoms. The van der Waals surface area contributed by atoms with E-state index >= 15 is 0 Å². The number of hydrogen-bond acceptors (Lipinski definition) is 2. The molecule has 15 heavy (non-hydrogen) atoms. The molecule has 0 aromatic heterocycles. The molecule has 1 fully saturated rings. The zero-order valence-electron chi connectivity index (χ0n) is 9.39. The first-order valence-corrected chi connectivity index (χ1v) is 5.47. The van der Waals surface area contributed by atoms with Crippen molar-refractivity contribution < 1.29 is 4.79 Å². The molecule has 1 rings (SSSR count). The van der Waals surface area contributed by atoms with E-state index in [1.165, 1.54) is 0 Å². The molecular formula is C10H20N4O. The molecule has 0 aliphatic heterocycles. The molecule has 0 radical (unpaired) electrons. The quantitative estimate of drug-likeness (QED) is 0.403. The molecule has 5 heteroatoms. The first-order chi connectivity index (χ1) is 7.04. The Labute approximate surface area is 90.3 Å². The lowest BCUT2D eigenvalue weighted by Crippen LogP contribution is -2.59. The molecule has 1 aliphatic rings. The molecule has 86 valence electrons. The van der Waals surface area contributed by atoms with Crippen molar-refractivity contribution >= 4 is 11.9 Å². The van der Waals surface area contributed by atoms with Crippen LogP contribution in [0.3, 0.4) is 0 Å². The predicted molar refractivity (Wildman–Crippen MR) is 59.9 cm³/mol. The van der Waals surface area contributed by atoms with Gasteiger partial charge in [-0.2, -0.15) is 0 Å².